The van der Waals surface area contributed by atoms with Crippen molar-refractivity contribution in [3.63, 3.8) is 0 Å². The van der Waals surface area contributed by atoms with Gasteiger partial charge in [-0.3, -0.25) is 9.78 Å². The van der Waals surface area contributed by atoms with Gasteiger partial charge in [-0.05, 0) is 12.1 Å². The first kappa shape index (κ1) is 11.3. The van der Waals surface area contributed by atoms with Gasteiger partial charge in [0.1, 0.15) is 0 Å². The molecule has 2 heterocycles. The number of nitriles is 1. The van der Waals surface area contributed by atoms with Crippen LogP contribution in [0.25, 0.3) is 5.70 Å². The third-order valence-corrected chi connectivity index (χ3v) is 2.52. The summed E-state index contributed by atoms with van der Waals surface area (Å²) in [4.78, 5) is 17.2. The number of aliphatic hydroxyl groups is 1. The number of allylic oxidation sites excluding steroid dienone is 1. The molecular formula is C12H11N3O2. The number of amides is 1. The Balaban J connectivity index is 2.35. The highest BCUT2D eigenvalue weighted by atomic mass is 16.3. The van der Waals surface area contributed by atoms with E-state index in [1.807, 2.05) is 6.07 Å². The molecule has 0 aromatic carbocycles. The number of nitrogens with zero attached hydrogens (tertiary/aromatic N) is 3. The largest absolute Gasteiger partial charge is 0.391 e. The van der Waals surface area contributed by atoms with Gasteiger partial charge in [0.05, 0.1) is 36.5 Å². The van der Waals surface area contributed by atoms with Gasteiger partial charge in [0.2, 0.25) is 5.91 Å². The number of aromatic nitrogens is 1. The van der Waals surface area contributed by atoms with Crippen LogP contribution in [0.2, 0.25) is 0 Å². The van der Waals surface area contributed by atoms with Crippen molar-refractivity contribution in [1.29, 1.82) is 5.26 Å². The minimum Gasteiger partial charge on any atom is -0.391 e. The van der Waals surface area contributed by atoms with Gasteiger partial charge in [0, 0.05) is 12.3 Å². The zero-order valence-corrected chi connectivity index (χ0v) is 9.08. The lowest BCUT2D eigenvalue weighted by Gasteiger charge is -2.18. The van der Waals surface area contributed by atoms with Crippen LogP contribution in [0.3, 0.4) is 0 Å². The number of likely N-dealkylation sites (tertiary alicyclic amines) is 1. The van der Waals surface area contributed by atoms with Crippen molar-refractivity contribution >= 4 is 11.6 Å². The summed E-state index contributed by atoms with van der Waals surface area (Å²) in [6.45, 7) is 0.211. The van der Waals surface area contributed by atoms with Crippen molar-refractivity contribution in [1.82, 2.24) is 9.88 Å². The monoisotopic (exact) mass is 229 g/mol. The standard InChI is InChI=1S/C12H11N3O2/c13-5-4-11(10-3-1-2-6-14-10)15-8-9(16)7-12(15)17/h1-4,6,9,16H,7-8H2. The van der Waals surface area contributed by atoms with Crippen LogP contribution >= 0.6 is 0 Å². The van der Waals surface area contributed by atoms with E-state index in [9.17, 15) is 9.90 Å². The number of hydrogen-bond donors (Lipinski definition) is 1. The van der Waals surface area contributed by atoms with Crippen molar-refractivity contribution in [2.75, 3.05) is 6.54 Å². The number of carbonyl (C=O) groups is 1. The first-order valence-electron chi connectivity index (χ1n) is 5.22. The molecule has 1 aliphatic rings. The summed E-state index contributed by atoms with van der Waals surface area (Å²) >= 11 is 0. The lowest BCUT2D eigenvalue weighted by molar-refractivity contribution is -0.125. The van der Waals surface area contributed by atoms with E-state index >= 15 is 0 Å². The maximum atomic E-state index is 11.7. The first-order chi connectivity index (χ1) is 8.22. The van der Waals surface area contributed by atoms with Crippen LogP contribution in [0.1, 0.15) is 12.1 Å². The second-order valence-electron chi connectivity index (χ2n) is 3.74. The fraction of sp³-hybridized carbons (Fsp3) is 0.250. The highest BCUT2D eigenvalue weighted by Gasteiger charge is 2.31. The van der Waals surface area contributed by atoms with Crippen LogP contribution in [0.5, 0.6) is 0 Å². The van der Waals surface area contributed by atoms with Crippen molar-refractivity contribution in [3.05, 3.63) is 36.2 Å². The van der Waals surface area contributed by atoms with E-state index in [1.165, 1.54) is 11.0 Å². The Bertz CT molecular complexity index is 490. The molecule has 0 bridgehead atoms. The second kappa shape index (κ2) is 4.76. The van der Waals surface area contributed by atoms with Crippen molar-refractivity contribution < 1.29 is 9.90 Å². The van der Waals surface area contributed by atoms with E-state index in [0.717, 1.165) is 0 Å². The van der Waals surface area contributed by atoms with E-state index in [4.69, 9.17) is 5.26 Å². The fourth-order valence-corrected chi connectivity index (χ4v) is 1.79. The molecule has 1 aromatic heterocycles. The van der Waals surface area contributed by atoms with Crippen LogP contribution in [0.4, 0.5) is 0 Å². The molecule has 1 aliphatic heterocycles. The molecular weight excluding hydrogens is 218 g/mol. The van der Waals surface area contributed by atoms with Gasteiger partial charge < -0.3 is 10.0 Å². The predicted octanol–water partition coefficient (Wildman–Crippen LogP) is 0.539. The predicted molar refractivity (Wildman–Crippen MR) is 60.2 cm³/mol. The molecule has 0 radical (unpaired) electrons. The molecule has 17 heavy (non-hydrogen) atoms. The first-order valence-corrected chi connectivity index (χ1v) is 5.22. The summed E-state index contributed by atoms with van der Waals surface area (Å²) < 4.78 is 0. The van der Waals surface area contributed by atoms with E-state index in [1.54, 1.807) is 24.4 Å². The molecule has 2 rings (SSSR count). The topological polar surface area (TPSA) is 77.2 Å². The number of aliphatic hydroxyl groups excluding tert-OH is 1. The molecule has 0 spiro atoms. The van der Waals surface area contributed by atoms with Crippen LogP contribution < -0.4 is 0 Å². The molecule has 5 nitrogen and oxygen atoms in total. The molecule has 1 unspecified atom stereocenters. The van der Waals surface area contributed by atoms with Gasteiger partial charge in [0.25, 0.3) is 0 Å². The molecule has 1 fully saturated rings. The van der Waals surface area contributed by atoms with Gasteiger partial charge in [-0.2, -0.15) is 5.26 Å². The molecule has 5 heteroatoms. The highest BCUT2D eigenvalue weighted by Crippen LogP contribution is 2.23. The van der Waals surface area contributed by atoms with Gasteiger partial charge in [0.15, 0.2) is 0 Å². The Labute approximate surface area is 98.6 Å². The third-order valence-electron chi connectivity index (χ3n) is 2.52. The van der Waals surface area contributed by atoms with Gasteiger partial charge in [-0.25, -0.2) is 0 Å². The minimum absolute atomic E-state index is 0.0929. The smallest absolute Gasteiger partial charge is 0.229 e. The number of rotatable bonds is 2. The Morgan fingerprint density at radius 3 is 3.00 bits per heavy atom. The van der Waals surface area contributed by atoms with Crippen LogP contribution in [0, 0.1) is 11.3 Å². The molecule has 1 N–H and O–H groups in total. The molecule has 0 aliphatic carbocycles. The fourth-order valence-electron chi connectivity index (χ4n) is 1.79. The quantitative estimate of drug-likeness (QED) is 0.751. The maximum absolute atomic E-state index is 11.7. The maximum Gasteiger partial charge on any atom is 0.229 e. The molecule has 86 valence electrons. The van der Waals surface area contributed by atoms with E-state index < -0.39 is 6.10 Å². The number of carbonyl (C=O) groups excluding carboxylic acids is 1. The second-order valence-corrected chi connectivity index (χ2v) is 3.74. The summed E-state index contributed by atoms with van der Waals surface area (Å²) in [5.74, 6) is -0.190. The van der Waals surface area contributed by atoms with Gasteiger partial charge in [-0.15, -0.1) is 0 Å². The Kier molecular flexibility index (Phi) is 3.17. The van der Waals surface area contributed by atoms with Crippen LogP contribution in [-0.4, -0.2) is 33.5 Å². The Morgan fingerprint density at radius 1 is 1.65 bits per heavy atom. The Morgan fingerprint density at radius 2 is 2.47 bits per heavy atom. The van der Waals surface area contributed by atoms with Crippen molar-refractivity contribution in [2.24, 2.45) is 0 Å². The normalized spacial score (nSPS) is 20.5. The minimum atomic E-state index is -0.673. The highest BCUT2D eigenvalue weighted by molar-refractivity contribution is 5.89. The summed E-state index contributed by atoms with van der Waals surface area (Å²) in [6, 6.07) is 7.16. The lowest BCUT2D eigenvalue weighted by atomic mass is 10.2. The zero-order chi connectivity index (χ0) is 12.3. The molecule has 1 saturated heterocycles. The third kappa shape index (κ3) is 2.32. The average Bonchev–Trinajstić information content (AvgIpc) is 2.66. The number of β-amino-alcohol motifs (C(OH)–C–C–N with tert-alkyl or cyclic N) is 1. The Hall–Kier alpha value is -2.19. The molecule has 0 saturated carbocycles. The number of hydrogen-bond acceptors (Lipinski definition) is 4. The van der Waals surface area contributed by atoms with Gasteiger partial charge >= 0.3 is 0 Å². The molecule has 1 aromatic rings. The number of pyridine rings is 1. The summed E-state index contributed by atoms with van der Waals surface area (Å²) in [6.07, 6.45) is 2.29. The SMILES string of the molecule is N#CC=C(c1ccccn1)N1CC(O)CC1=O. The summed E-state index contributed by atoms with van der Waals surface area (Å²) in [7, 11) is 0. The van der Waals surface area contributed by atoms with Crippen LogP contribution in [-0.2, 0) is 4.79 Å². The zero-order valence-electron chi connectivity index (χ0n) is 9.08. The van der Waals surface area contributed by atoms with E-state index in [-0.39, 0.29) is 18.9 Å². The van der Waals surface area contributed by atoms with Crippen LogP contribution in [0.15, 0.2) is 30.5 Å². The lowest BCUT2D eigenvalue weighted by Crippen LogP contribution is -2.24. The van der Waals surface area contributed by atoms with E-state index in [2.05, 4.69) is 4.98 Å². The average molecular weight is 229 g/mol. The summed E-state index contributed by atoms with van der Waals surface area (Å²) in [5, 5.41) is 18.2. The van der Waals surface area contributed by atoms with Gasteiger partial charge in [-0.1, -0.05) is 6.07 Å². The van der Waals surface area contributed by atoms with Crippen molar-refractivity contribution in [3.8, 4) is 6.07 Å². The summed E-state index contributed by atoms with van der Waals surface area (Å²) in [5.41, 5.74) is 0.992. The molecule has 1 amide bonds. The van der Waals surface area contributed by atoms with Crippen molar-refractivity contribution in [2.45, 2.75) is 12.5 Å². The molecule has 1 atom stereocenters. The van der Waals surface area contributed by atoms with E-state index in [0.29, 0.717) is 11.4 Å².